The highest BCUT2D eigenvalue weighted by atomic mass is 16.3. The van der Waals surface area contributed by atoms with E-state index in [9.17, 15) is 9.90 Å². The van der Waals surface area contributed by atoms with E-state index in [1.807, 2.05) is 0 Å². The summed E-state index contributed by atoms with van der Waals surface area (Å²) in [6, 6.07) is 3.03. The zero-order chi connectivity index (χ0) is 8.72. The molecular formula is C9H9NO2. The van der Waals surface area contributed by atoms with Crippen LogP contribution in [-0.4, -0.2) is 10.9 Å². The number of rotatable bonds is 0. The number of carbonyl (C=O) groups is 1. The number of nitrogen functional groups attached to an aromatic ring is 1. The van der Waals surface area contributed by atoms with Crippen LogP contribution in [0.3, 0.4) is 0 Å². The van der Waals surface area contributed by atoms with Gasteiger partial charge < -0.3 is 10.8 Å². The van der Waals surface area contributed by atoms with Gasteiger partial charge in [0.2, 0.25) is 0 Å². The molecule has 0 spiro atoms. The van der Waals surface area contributed by atoms with E-state index in [-0.39, 0.29) is 11.5 Å². The predicted octanol–water partition coefficient (Wildman–Crippen LogP) is 1.10. The maximum Gasteiger partial charge on any atom is 0.165 e. The van der Waals surface area contributed by atoms with Crippen LogP contribution in [0.25, 0.3) is 0 Å². The van der Waals surface area contributed by atoms with Crippen molar-refractivity contribution in [1.29, 1.82) is 0 Å². The molecule has 3 nitrogen and oxygen atoms in total. The summed E-state index contributed by atoms with van der Waals surface area (Å²) in [5, 5.41) is 9.17. The molecule has 1 aromatic carbocycles. The van der Waals surface area contributed by atoms with E-state index in [1.54, 1.807) is 6.07 Å². The molecule has 62 valence electrons. The molecule has 0 saturated heterocycles. The van der Waals surface area contributed by atoms with Gasteiger partial charge in [0.15, 0.2) is 5.78 Å². The van der Waals surface area contributed by atoms with Crippen LogP contribution in [0, 0.1) is 0 Å². The predicted molar refractivity (Wildman–Crippen MR) is 45.2 cm³/mol. The topological polar surface area (TPSA) is 63.3 Å². The minimum atomic E-state index is 0.0856. The molecular weight excluding hydrogens is 154 g/mol. The van der Waals surface area contributed by atoms with Crippen molar-refractivity contribution < 1.29 is 9.90 Å². The maximum absolute atomic E-state index is 11.2. The van der Waals surface area contributed by atoms with Crippen LogP contribution >= 0.6 is 0 Å². The molecule has 0 aromatic heterocycles. The molecule has 0 saturated carbocycles. The SMILES string of the molecule is Nc1cc(O)cc2c1C(=O)CC2. The number of hydrogen-bond donors (Lipinski definition) is 2. The number of benzene rings is 1. The van der Waals surface area contributed by atoms with Crippen LogP contribution in [0.2, 0.25) is 0 Å². The quantitative estimate of drug-likeness (QED) is 0.563. The first-order valence-electron chi connectivity index (χ1n) is 3.83. The second-order valence-corrected chi connectivity index (χ2v) is 2.99. The minimum Gasteiger partial charge on any atom is -0.508 e. The van der Waals surface area contributed by atoms with Gasteiger partial charge in [0.25, 0.3) is 0 Å². The zero-order valence-electron chi connectivity index (χ0n) is 6.50. The third kappa shape index (κ3) is 0.863. The highest BCUT2D eigenvalue weighted by molar-refractivity contribution is 6.05. The van der Waals surface area contributed by atoms with Gasteiger partial charge in [-0.2, -0.15) is 0 Å². The molecule has 12 heavy (non-hydrogen) atoms. The van der Waals surface area contributed by atoms with Crippen molar-refractivity contribution >= 4 is 11.5 Å². The summed E-state index contributed by atoms with van der Waals surface area (Å²) in [6.45, 7) is 0. The van der Waals surface area contributed by atoms with Crippen LogP contribution in [0.1, 0.15) is 22.3 Å². The highest BCUT2D eigenvalue weighted by Gasteiger charge is 2.22. The highest BCUT2D eigenvalue weighted by Crippen LogP contribution is 2.30. The largest absolute Gasteiger partial charge is 0.508 e. The fraction of sp³-hybridized carbons (Fsp3) is 0.222. The second-order valence-electron chi connectivity index (χ2n) is 2.99. The van der Waals surface area contributed by atoms with Crippen molar-refractivity contribution in [3.05, 3.63) is 23.3 Å². The van der Waals surface area contributed by atoms with E-state index in [2.05, 4.69) is 0 Å². The number of carbonyl (C=O) groups excluding carboxylic acids is 1. The maximum atomic E-state index is 11.2. The summed E-state index contributed by atoms with van der Waals surface area (Å²) >= 11 is 0. The second kappa shape index (κ2) is 2.24. The summed E-state index contributed by atoms with van der Waals surface area (Å²) in [5.74, 6) is 0.225. The Morgan fingerprint density at radius 1 is 1.33 bits per heavy atom. The molecule has 0 amide bonds. The van der Waals surface area contributed by atoms with E-state index in [4.69, 9.17) is 5.73 Å². The Morgan fingerprint density at radius 3 is 2.83 bits per heavy atom. The van der Waals surface area contributed by atoms with Gasteiger partial charge in [-0.3, -0.25) is 4.79 Å². The number of anilines is 1. The van der Waals surface area contributed by atoms with Crippen LogP contribution in [0.5, 0.6) is 5.75 Å². The number of phenols is 1. The molecule has 0 bridgehead atoms. The van der Waals surface area contributed by atoms with Gasteiger partial charge in [-0.05, 0) is 18.1 Å². The smallest absolute Gasteiger partial charge is 0.165 e. The lowest BCUT2D eigenvalue weighted by Crippen LogP contribution is -1.98. The molecule has 0 fully saturated rings. The Bertz CT molecular complexity index is 358. The molecule has 1 aliphatic rings. The van der Waals surface area contributed by atoms with Crippen LogP contribution in [-0.2, 0) is 6.42 Å². The molecule has 0 aliphatic heterocycles. The van der Waals surface area contributed by atoms with Crippen molar-refractivity contribution in [3.8, 4) is 5.75 Å². The Kier molecular flexibility index (Phi) is 1.33. The molecule has 0 heterocycles. The Morgan fingerprint density at radius 2 is 2.08 bits per heavy atom. The molecule has 1 aliphatic carbocycles. The average molecular weight is 163 g/mol. The van der Waals surface area contributed by atoms with Crippen molar-refractivity contribution in [2.45, 2.75) is 12.8 Å². The lowest BCUT2D eigenvalue weighted by molar-refractivity contribution is 0.0995. The lowest BCUT2D eigenvalue weighted by atomic mass is 10.1. The summed E-state index contributed by atoms with van der Waals surface area (Å²) < 4.78 is 0. The van der Waals surface area contributed by atoms with E-state index in [0.29, 0.717) is 24.1 Å². The Labute approximate surface area is 69.8 Å². The zero-order valence-corrected chi connectivity index (χ0v) is 6.50. The fourth-order valence-electron chi connectivity index (χ4n) is 1.62. The fourth-order valence-corrected chi connectivity index (χ4v) is 1.62. The third-order valence-electron chi connectivity index (χ3n) is 2.14. The number of nitrogens with two attached hydrogens (primary N) is 1. The number of hydrogen-bond acceptors (Lipinski definition) is 3. The first kappa shape index (κ1) is 7.16. The van der Waals surface area contributed by atoms with Crippen molar-refractivity contribution in [3.63, 3.8) is 0 Å². The van der Waals surface area contributed by atoms with Crippen LogP contribution in [0.4, 0.5) is 5.69 Å². The summed E-state index contributed by atoms with van der Waals surface area (Å²) in [7, 11) is 0. The van der Waals surface area contributed by atoms with Gasteiger partial charge in [0.05, 0.1) is 0 Å². The third-order valence-corrected chi connectivity index (χ3v) is 2.14. The molecule has 3 N–H and O–H groups in total. The van der Waals surface area contributed by atoms with Gasteiger partial charge in [0, 0.05) is 23.7 Å². The number of Topliss-reactive ketones (excluding diaryl/α,β-unsaturated/α-hetero) is 1. The monoisotopic (exact) mass is 163 g/mol. The molecule has 3 heteroatoms. The Balaban J connectivity index is 2.68. The number of phenolic OH excluding ortho intramolecular Hbond substituents is 1. The van der Waals surface area contributed by atoms with Crippen LogP contribution < -0.4 is 5.73 Å². The summed E-state index contributed by atoms with van der Waals surface area (Å²) in [6.07, 6.45) is 1.22. The van der Waals surface area contributed by atoms with E-state index in [0.717, 1.165) is 5.56 Å². The standard InChI is InChI=1S/C9H9NO2/c10-7-4-6(11)3-5-1-2-8(12)9(5)7/h3-4,11H,1-2,10H2. The summed E-state index contributed by atoms with van der Waals surface area (Å²) in [4.78, 5) is 11.2. The Hall–Kier alpha value is -1.51. The van der Waals surface area contributed by atoms with E-state index < -0.39 is 0 Å². The number of fused-ring (bicyclic) bond motifs is 1. The number of aromatic hydroxyl groups is 1. The average Bonchev–Trinajstić information content (AvgIpc) is 2.31. The molecule has 1 aromatic rings. The first-order valence-corrected chi connectivity index (χ1v) is 3.83. The minimum absolute atomic E-state index is 0.0856. The molecule has 0 unspecified atom stereocenters. The normalized spacial score (nSPS) is 14.8. The first-order chi connectivity index (χ1) is 5.68. The van der Waals surface area contributed by atoms with E-state index >= 15 is 0 Å². The molecule has 0 radical (unpaired) electrons. The number of ketones is 1. The molecule has 0 atom stereocenters. The number of aryl methyl sites for hydroxylation is 1. The summed E-state index contributed by atoms with van der Waals surface area (Å²) in [5.41, 5.74) is 7.46. The van der Waals surface area contributed by atoms with Gasteiger partial charge in [0.1, 0.15) is 5.75 Å². The van der Waals surface area contributed by atoms with Crippen molar-refractivity contribution in [2.75, 3.05) is 5.73 Å². The van der Waals surface area contributed by atoms with Gasteiger partial charge in [-0.1, -0.05) is 0 Å². The van der Waals surface area contributed by atoms with Crippen LogP contribution in [0.15, 0.2) is 12.1 Å². The van der Waals surface area contributed by atoms with E-state index in [1.165, 1.54) is 6.07 Å². The van der Waals surface area contributed by atoms with Gasteiger partial charge >= 0.3 is 0 Å². The van der Waals surface area contributed by atoms with Crippen molar-refractivity contribution in [2.24, 2.45) is 0 Å². The lowest BCUT2D eigenvalue weighted by Gasteiger charge is -2.02. The van der Waals surface area contributed by atoms with Crippen molar-refractivity contribution in [1.82, 2.24) is 0 Å². The van der Waals surface area contributed by atoms with Gasteiger partial charge in [-0.25, -0.2) is 0 Å². The van der Waals surface area contributed by atoms with Gasteiger partial charge in [-0.15, -0.1) is 0 Å². The molecule has 2 rings (SSSR count).